The third kappa shape index (κ3) is 6.39. The molecular weight excluding hydrogens is 319 g/mol. The standard InChI is InChI=1S/C17H24F3N3O/c1-13-4-3-7-23(10-13)16(21)22-9-14-5-2-6-15(8-14)11-24-12-17(18,19)20/h2,5-6,8,13H,3-4,7,9-12H2,1H3,(H2,21,22). The van der Waals surface area contributed by atoms with Crippen LogP contribution < -0.4 is 5.73 Å². The quantitative estimate of drug-likeness (QED) is 0.659. The molecule has 0 aliphatic carbocycles. The Labute approximate surface area is 140 Å². The highest BCUT2D eigenvalue weighted by Gasteiger charge is 2.27. The van der Waals surface area contributed by atoms with Gasteiger partial charge in [-0.05, 0) is 29.9 Å². The van der Waals surface area contributed by atoms with Gasteiger partial charge in [-0.3, -0.25) is 0 Å². The lowest BCUT2D eigenvalue weighted by Crippen LogP contribution is -2.43. The minimum Gasteiger partial charge on any atom is -0.370 e. The zero-order chi connectivity index (χ0) is 17.6. The van der Waals surface area contributed by atoms with Crippen molar-refractivity contribution < 1.29 is 17.9 Å². The van der Waals surface area contributed by atoms with E-state index >= 15 is 0 Å². The van der Waals surface area contributed by atoms with Crippen molar-refractivity contribution in [1.29, 1.82) is 0 Å². The van der Waals surface area contributed by atoms with Gasteiger partial charge in [-0.15, -0.1) is 0 Å². The Kier molecular flexibility index (Phi) is 6.48. The Morgan fingerprint density at radius 2 is 2.12 bits per heavy atom. The van der Waals surface area contributed by atoms with Crippen LogP contribution in [0.15, 0.2) is 29.3 Å². The van der Waals surface area contributed by atoms with Crippen molar-refractivity contribution in [2.45, 2.75) is 39.1 Å². The van der Waals surface area contributed by atoms with Crippen LogP contribution in [-0.2, 0) is 17.9 Å². The molecule has 0 amide bonds. The molecule has 2 rings (SSSR count). The zero-order valence-corrected chi connectivity index (χ0v) is 13.9. The zero-order valence-electron chi connectivity index (χ0n) is 13.9. The van der Waals surface area contributed by atoms with Gasteiger partial charge in [-0.2, -0.15) is 13.2 Å². The van der Waals surface area contributed by atoms with Gasteiger partial charge in [0, 0.05) is 13.1 Å². The topological polar surface area (TPSA) is 50.8 Å². The van der Waals surface area contributed by atoms with Crippen LogP contribution >= 0.6 is 0 Å². The molecule has 0 saturated carbocycles. The average molecular weight is 343 g/mol. The molecule has 0 radical (unpaired) electrons. The Balaban J connectivity index is 1.88. The first-order chi connectivity index (χ1) is 11.3. The first-order valence-electron chi connectivity index (χ1n) is 8.10. The first-order valence-corrected chi connectivity index (χ1v) is 8.10. The molecule has 7 heteroatoms. The normalized spacial score (nSPS) is 19.6. The van der Waals surface area contributed by atoms with Crippen molar-refractivity contribution in [3.63, 3.8) is 0 Å². The number of likely N-dealkylation sites (tertiary alicyclic amines) is 1. The lowest BCUT2D eigenvalue weighted by Gasteiger charge is -2.31. The van der Waals surface area contributed by atoms with Gasteiger partial charge in [0.1, 0.15) is 6.61 Å². The van der Waals surface area contributed by atoms with Gasteiger partial charge in [-0.1, -0.05) is 31.2 Å². The molecule has 0 spiro atoms. The molecule has 1 aromatic rings. The van der Waals surface area contributed by atoms with E-state index in [0.29, 0.717) is 24.0 Å². The lowest BCUT2D eigenvalue weighted by molar-refractivity contribution is -0.176. The van der Waals surface area contributed by atoms with Gasteiger partial charge in [0.25, 0.3) is 0 Å². The summed E-state index contributed by atoms with van der Waals surface area (Å²) in [6.45, 7) is 3.13. The number of rotatable bonds is 5. The number of hydrogen-bond donors (Lipinski definition) is 1. The van der Waals surface area contributed by atoms with Crippen molar-refractivity contribution in [1.82, 2.24) is 4.90 Å². The van der Waals surface area contributed by atoms with E-state index in [4.69, 9.17) is 5.73 Å². The van der Waals surface area contributed by atoms with E-state index in [2.05, 4.69) is 21.6 Å². The van der Waals surface area contributed by atoms with Crippen molar-refractivity contribution in [3.8, 4) is 0 Å². The summed E-state index contributed by atoms with van der Waals surface area (Å²) in [5.74, 6) is 1.14. The van der Waals surface area contributed by atoms with Crippen molar-refractivity contribution in [3.05, 3.63) is 35.4 Å². The van der Waals surface area contributed by atoms with Crippen molar-refractivity contribution in [2.75, 3.05) is 19.7 Å². The van der Waals surface area contributed by atoms with Crippen LogP contribution in [0, 0.1) is 5.92 Å². The van der Waals surface area contributed by atoms with Gasteiger partial charge in [0.2, 0.25) is 0 Å². The van der Waals surface area contributed by atoms with Crippen LogP contribution in [0.4, 0.5) is 13.2 Å². The molecule has 0 aromatic heterocycles. The van der Waals surface area contributed by atoms with Gasteiger partial charge in [0.05, 0.1) is 13.2 Å². The molecule has 1 atom stereocenters. The largest absolute Gasteiger partial charge is 0.411 e. The van der Waals surface area contributed by atoms with E-state index < -0.39 is 12.8 Å². The van der Waals surface area contributed by atoms with Crippen molar-refractivity contribution >= 4 is 5.96 Å². The number of nitrogens with zero attached hydrogens (tertiary/aromatic N) is 2. The molecule has 0 bridgehead atoms. The average Bonchev–Trinajstić information content (AvgIpc) is 2.52. The van der Waals surface area contributed by atoms with Crippen LogP contribution in [0.2, 0.25) is 0 Å². The summed E-state index contributed by atoms with van der Waals surface area (Å²) in [5, 5.41) is 0. The number of nitrogens with two attached hydrogens (primary N) is 1. The summed E-state index contributed by atoms with van der Waals surface area (Å²) in [6, 6.07) is 7.20. The SMILES string of the molecule is CC1CCCN(C(N)=NCc2cccc(COCC(F)(F)F)c2)C1. The molecule has 1 heterocycles. The van der Waals surface area contributed by atoms with Gasteiger partial charge < -0.3 is 15.4 Å². The number of aliphatic imine (C=N–C) groups is 1. The Morgan fingerprint density at radius 3 is 2.83 bits per heavy atom. The Morgan fingerprint density at radius 1 is 1.38 bits per heavy atom. The van der Waals surface area contributed by atoms with Crippen molar-refractivity contribution in [2.24, 2.45) is 16.6 Å². The highest BCUT2D eigenvalue weighted by atomic mass is 19.4. The van der Waals surface area contributed by atoms with E-state index in [9.17, 15) is 13.2 Å². The fourth-order valence-electron chi connectivity index (χ4n) is 2.77. The smallest absolute Gasteiger partial charge is 0.370 e. The second kappa shape index (κ2) is 8.37. The van der Waals surface area contributed by atoms with Crippen LogP contribution in [0.3, 0.4) is 0 Å². The molecule has 4 nitrogen and oxygen atoms in total. The maximum atomic E-state index is 12.1. The highest BCUT2D eigenvalue weighted by molar-refractivity contribution is 5.78. The molecule has 1 aromatic carbocycles. The fourth-order valence-corrected chi connectivity index (χ4v) is 2.77. The number of benzene rings is 1. The summed E-state index contributed by atoms with van der Waals surface area (Å²) in [5.41, 5.74) is 7.64. The molecule has 24 heavy (non-hydrogen) atoms. The van der Waals surface area contributed by atoms with Crippen LogP contribution in [0.5, 0.6) is 0 Å². The molecule has 1 aliphatic heterocycles. The third-order valence-corrected chi connectivity index (χ3v) is 3.93. The van der Waals surface area contributed by atoms with Gasteiger partial charge in [-0.25, -0.2) is 4.99 Å². The lowest BCUT2D eigenvalue weighted by atomic mass is 10.0. The van der Waals surface area contributed by atoms with E-state index in [-0.39, 0.29) is 6.61 Å². The Bertz CT molecular complexity index is 560. The van der Waals surface area contributed by atoms with E-state index in [1.807, 2.05) is 6.07 Å². The number of piperidine rings is 1. The molecule has 134 valence electrons. The van der Waals surface area contributed by atoms with Crippen LogP contribution in [-0.4, -0.2) is 36.7 Å². The fraction of sp³-hybridized carbons (Fsp3) is 0.588. The van der Waals surface area contributed by atoms with E-state index in [0.717, 1.165) is 25.1 Å². The summed E-state index contributed by atoms with van der Waals surface area (Å²) in [4.78, 5) is 6.50. The molecule has 1 saturated heterocycles. The maximum absolute atomic E-state index is 12.1. The number of halogens is 3. The number of hydrogen-bond acceptors (Lipinski definition) is 2. The number of alkyl halides is 3. The monoisotopic (exact) mass is 343 g/mol. The first kappa shape index (κ1) is 18.6. The maximum Gasteiger partial charge on any atom is 0.411 e. The van der Waals surface area contributed by atoms with Crippen LogP contribution in [0.25, 0.3) is 0 Å². The number of ether oxygens (including phenoxy) is 1. The minimum absolute atomic E-state index is 0.0732. The van der Waals surface area contributed by atoms with E-state index in [1.165, 1.54) is 6.42 Å². The second-order valence-electron chi connectivity index (χ2n) is 6.30. The van der Waals surface area contributed by atoms with Gasteiger partial charge in [0.15, 0.2) is 5.96 Å². The minimum atomic E-state index is -4.30. The molecule has 1 fully saturated rings. The van der Waals surface area contributed by atoms with Crippen LogP contribution in [0.1, 0.15) is 30.9 Å². The summed E-state index contributed by atoms with van der Waals surface area (Å²) < 4.78 is 40.9. The van der Waals surface area contributed by atoms with E-state index in [1.54, 1.807) is 18.2 Å². The molecular formula is C17H24F3N3O. The highest BCUT2D eigenvalue weighted by Crippen LogP contribution is 2.17. The van der Waals surface area contributed by atoms with Gasteiger partial charge >= 0.3 is 6.18 Å². The predicted molar refractivity (Wildman–Crippen MR) is 87.5 cm³/mol. The summed E-state index contributed by atoms with van der Waals surface area (Å²) in [7, 11) is 0. The second-order valence-corrected chi connectivity index (χ2v) is 6.30. The Hall–Kier alpha value is -1.76. The summed E-state index contributed by atoms with van der Waals surface area (Å²) >= 11 is 0. The predicted octanol–water partition coefficient (Wildman–Crippen LogP) is 3.31. The molecule has 1 unspecified atom stereocenters. The summed E-state index contributed by atoms with van der Waals surface area (Å²) in [6.07, 6.45) is -1.98. The molecule has 1 aliphatic rings. The third-order valence-electron chi connectivity index (χ3n) is 3.93. The molecule has 2 N–H and O–H groups in total. The number of guanidine groups is 1.